The number of carbonyl (C=O) groups is 1. The zero-order chi connectivity index (χ0) is 25.8. The number of halogens is 6. The van der Waals surface area contributed by atoms with Crippen LogP contribution in [0.5, 0.6) is 0 Å². The minimum atomic E-state index is -4.88. The number of fused-ring (bicyclic) bond motifs is 2. The summed E-state index contributed by atoms with van der Waals surface area (Å²) in [7, 11) is 0. The second-order valence-electron chi connectivity index (χ2n) is 7.87. The van der Waals surface area contributed by atoms with E-state index in [1.54, 1.807) is 42.5 Å². The van der Waals surface area contributed by atoms with Crippen molar-refractivity contribution in [2.75, 3.05) is 5.32 Å². The minimum Gasteiger partial charge on any atom is -0.318 e. The van der Waals surface area contributed by atoms with Crippen molar-refractivity contribution < 1.29 is 31.1 Å². The van der Waals surface area contributed by atoms with E-state index in [2.05, 4.69) is 25.6 Å². The number of anilines is 1. The second-order valence-corrected chi connectivity index (χ2v) is 7.87. The molecule has 0 aliphatic carbocycles. The Morgan fingerprint density at radius 3 is 2.44 bits per heavy atom. The highest BCUT2D eigenvalue weighted by molar-refractivity contribution is 6.09. The molecule has 0 saturated carbocycles. The van der Waals surface area contributed by atoms with E-state index in [0.717, 1.165) is 17.6 Å². The summed E-state index contributed by atoms with van der Waals surface area (Å²) in [4.78, 5) is 17.2. The Bertz CT molecular complexity index is 1630. The van der Waals surface area contributed by atoms with E-state index in [0.29, 0.717) is 15.5 Å². The molecule has 7 nitrogen and oxygen atoms in total. The summed E-state index contributed by atoms with van der Waals surface area (Å²) in [5.74, 6) is -1.13. The number of nitrogens with one attached hydrogen (secondary N) is 2. The van der Waals surface area contributed by atoms with Gasteiger partial charge in [0.1, 0.15) is 5.56 Å². The molecule has 0 aliphatic rings. The first-order chi connectivity index (χ1) is 16.9. The molecular weight excluding hydrogens is 490 g/mol. The zero-order valence-corrected chi connectivity index (χ0v) is 18.2. The molecule has 5 rings (SSSR count). The Morgan fingerprint density at radius 2 is 1.72 bits per heavy atom. The molecule has 0 atom stereocenters. The molecule has 3 aromatic heterocycles. The summed E-state index contributed by atoms with van der Waals surface area (Å²) < 4.78 is 82.1. The molecule has 0 spiro atoms. The van der Waals surface area contributed by atoms with E-state index >= 15 is 0 Å². The SMILES string of the molecule is Cc1[nH]nc(C(F)(F)F)c1NC(=O)c1cnn2c(C(F)(F)F)cc(-c3cccc4ccccc34)nc12. The Morgan fingerprint density at radius 1 is 1.00 bits per heavy atom. The predicted molar refractivity (Wildman–Crippen MR) is 117 cm³/mol. The molecule has 0 saturated heterocycles. The van der Waals surface area contributed by atoms with Crippen molar-refractivity contribution in [3.8, 4) is 11.3 Å². The van der Waals surface area contributed by atoms with Crippen LogP contribution in [0.25, 0.3) is 27.7 Å². The van der Waals surface area contributed by atoms with Gasteiger partial charge in [-0.1, -0.05) is 42.5 Å². The number of hydrogen-bond acceptors (Lipinski definition) is 4. The summed E-state index contributed by atoms with van der Waals surface area (Å²) in [6, 6.07) is 12.8. The lowest BCUT2D eigenvalue weighted by Gasteiger charge is -2.13. The molecule has 36 heavy (non-hydrogen) atoms. The number of aromatic amines is 1. The summed E-state index contributed by atoms with van der Waals surface area (Å²) in [5.41, 5.74) is -3.94. The van der Waals surface area contributed by atoms with Crippen LogP contribution in [0.1, 0.15) is 27.4 Å². The largest absolute Gasteiger partial charge is 0.437 e. The minimum absolute atomic E-state index is 0.0864. The molecule has 0 bridgehead atoms. The first-order valence-corrected chi connectivity index (χ1v) is 10.3. The highest BCUT2D eigenvalue weighted by Crippen LogP contribution is 2.37. The number of aromatic nitrogens is 5. The smallest absolute Gasteiger partial charge is 0.318 e. The normalized spacial score (nSPS) is 12.4. The number of nitrogens with zero attached hydrogens (tertiary/aromatic N) is 4. The van der Waals surface area contributed by atoms with Crippen LogP contribution in [-0.2, 0) is 12.4 Å². The Hall–Kier alpha value is -4.42. The number of carbonyl (C=O) groups excluding carboxylic acids is 1. The maximum atomic E-state index is 14.0. The fourth-order valence-corrected chi connectivity index (χ4v) is 3.88. The summed E-state index contributed by atoms with van der Waals surface area (Å²) in [6.45, 7) is 1.26. The van der Waals surface area contributed by atoms with Crippen LogP contribution in [0, 0.1) is 6.92 Å². The lowest BCUT2D eigenvalue weighted by atomic mass is 10.0. The lowest BCUT2D eigenvalue weighted by Crippen LogP contribution is -2.18. The van der Waals surface area contributed by atoms with E-state index in [1.165, 1.54) is 6.92 Å². The van der Waals surface area contributed by atoms with Crippen molar-refractivity contribution in [2.24, 2.45) is 0 Å². The summed E-state index contributed by atoms with van der Waals surface area (Å²) in [5, 5.41) is 12.4. The fourth-order valence-electron chi connectivity index (χ4n) is 3.88. The number of aryl methyl sites for hydroxylation is 1. The zero-order valence-electron chi connectivity index (χ0n) is 18.2. The molecule has 2 aromatic carbocycles. The van der Waals surface area contributed by atoms with E-state index in [4.69, 9.17) is 0 Å². The van der Waals surface area contributed by atoms with Crippen LogP contribution in [0.2, 0.25) is 0 Å². The van der Waals surface area contributed by atoms with Crippen LogP contribution in [0.4, 0.5) is 32.0 Å². The number of hydrogen-bond donors (Lipinski definition) is 2. The van der Waals surface area contributed by atoms with Crippen LogP contribution < -0.4 is 5.32 Å². The average molecular weight is 504 g/mol. The predicted octanol–water partition coefficient (Wildman–Crippen LogP) is 5.87. The maximum Gasteiger partial charge on any atom is 0.437 e. The van der Waals surface area contributed by atoms with Gasteiger partial charge in [0, 0.05) is 5.56 Å². The number of rotatable bonds is 3. The van der Waals surface area contributed by atoms with Crippen molar-refractivity contribution in [1.82, 2.24) is 24.8 Å². The van der Waals surface area contributed by atoms with Gasteiger partial charge < -0.3 is 5.32 Å². The van der Waals surface area contributed by atoms with Crippen LogP contribution in [0.15, 0.2) is 54.7 Å². The van der Waals surface area contributed by atoms with E-state index < -0.39 is 46.5 Å². The number of H-pyrrole nitrogens is 1. The third-order valence-corrected chi connectivity index (χ3v) is 5.53. The van der Waals surface area contributed by atoms with Crippen molar-refractivity contribution in [3.05, 3.63) is 77.4 Å². The average Bonchev–Trinajstić information content (AvgIpc) is 3.41. The van der Waals surface area contributed by atoms with Gasteiger partial charge in [0.15, 0.2) is 17.0 Å². The van der Waals surface area contributed by atoms with E-state index in [-0.39, 0.29) is 11.4 Å². The molecule has 184 valence electrons. The van der Waals surface area contributed by atoms with Gasteiger partial charge in [-0.25, -0.2) is 9.50 Å². The highest BCUT2D eigenvalue weighted by atomic mass is 19.4. The summed E-state index contributed by atoms with van der Waals surface area (Å²) >= 11 is 0. The molecule has 0 aliphatic heterocycles. The molecule has 5 aromatic rings. The molecule has 3 heterocycles. The van der Waals surface area contributed by atoms with E-state index in [1.807, 2.05) is 0 Å². The first kappa shape index (κ1) is 23.3. The fraction of sp³-hybridized carbons (Fsp3) is 0.130. The Balaban J connectivity index is 1.68. The third kappa shape index (κ3) is 3.91. The van der Waals surface area contributed by atoms with Crippen molar-refractivity contribution in [3.63, 3.8) is 0 Å². The quantitative estimate of drug-likeness (QED) is 0.301. The summed E-state index contributed by atoms with van der Waals surface area (Å²) in [6.07, 6.45) is -8.93. The maximum absolute atomic E-state index is 14.0. The topological polar surface area (TPSA) is 88.0 Å². The molecule has 0 unspecified atom stereocenters. The molecule has 1 amide bonds. The third-order valence-electron chi connectivity index (χ3n) is 5.53. The first-order valence-electron chi connectivity index (χ1n) is 10.3. The van der Waals surface area contributed by atoms with E-state index in [9.17, 15) is 31.1 Å². The van der Waals surface area contributed by atoms with Crippen molar-refractivity contribution >= 4 is 28.0 Å². The number of benzene rings is 2. The number of alkyl halides is 6. The van der Waals surface area contributed by atoms with Crippen LogP contribution in [-0.4, -0.2) is 30.7 Å². The van der Waals surface area contributed by atoms with Gasteiger partial charge in [0.05, 0.1) is 23.3 Å². The van der Waals surface area contributed by atoms with Gasteiger partial charge in [-0.05, 0) is 23.8 Å². The Kier molecular flexibility index (Phi) is 5.23. The van der Waals surface area contributed by atoms with Gasteiger partial charge in [0.25, 0.3) is 5.91 Å². The Labute approximate surface area is 197 Å². The van der Waals surface area contributed by atoms with Crippen molar-refractivity contribution in [2.45, 2.75) is 19.3 Å². The number of amides is 1. The van der Waals surface area contributed by atoms with Crippen LogP contribution in [0.3, 0.4) is 0 Å². The molecule has 13 heteroatoms. The van der Waals surface area contributed by atoms with Gasteiger partial charge in [-0.15, -0.1) is 0 Å². The van der Waals surface area contributed by atoms with Gasteiger partial charge in [0.2, 0.25) is 0 Å². The standard InChI is InChI=1S/C23H14F6N6O/c1-11-18(19(34-33-11)23(27,28)29)32-21(36)15-10-30-35-17(22(24,25)26)9-16(31-20(15)35)14-8-4-6-12-5-2-3-7-13(12)14/h2-10H,1H3,(H,32,36)(H,33,34). The van der Waals surface area contributed by atoms with Crippen molar-refractivity contribution in [1.29, 1.82) is 0 Å². The lowest BCUT2D eigenvalue weighted by molar-refractivity contribution is -0.142. The molecule has 0 fully saturated rings. The molecule has 2 N–H and O–H groups in total. The second kappa shape index (κ2) is 8.07. The van der Waals surface area contributed by atoms with Gasteiger partial charge in [-0.2, -0.15) is 36.5 Å². The van der Waals surface area contributed by atoms with Gasteiger partial charge in [-0.3, -0.25) is 9.89 Å². The van der Waals surface area contributed by atoms with Crippen LogP contribution >= 0.6 is 0 Å². The monoisotopic (exact) mass is 504 g/mol. The molecular formula is C23H14F6N6O. The highest BCUT2D eigenvalue weighted by Gasteiger charge is 2.39. The van der Waals surface area contributed by atoms with Gasteiger partial charge >= 0.3 is 12.4 Å². The molecule has 0 radical (unpaired) electrons.